The van der Waals surface area contributed by atoms with Crippen LogP contribution in [0.3, 0.4) is 0 Å². The van der Waals surface area contributed by atoms with Crippen molar-refractivity contribution in [3.05, 3.63) is 59.7 Å². The first kappa shape index (κ1) is 13.1. The fraction of sp³-hybridized carbons (Fsp3) is 0.200. The Kier molecular flexibility index (Phi) is 4.13. The van der Waals surface area contributed by atoms with E-state index in [4.69, 9.17) is 0 Å². The normalized spacial score (nSPS) is 10.2. The molecule has 0 aliphatic heterocycles. The minimum Gasteiger partial charge on any atom is -0.294 e. The van der Waals surface area contributed by atoms with E-state index in [9.17, 15) is 9.59 Å². The summed E-state index contributed by atoms with van der Waals surface area (Å²) in [5.74, 6) is -0.480. The molecule has 1 heterocycles. The molecule has 0 saturated heterocycles. The summed E-state index contributed by atoms with van der Waals surface area (Å²) in [4.78, 5) is 31.4. The van der Waals surface area contributed by atoms with Gasteiger partial charge in [-0.15, -0.1) is 0 Å². The Balaban J connectivity index is 2.06. The highest BCUT2D eigenvalue weighted by atomic mass is 16.1. The molecule has 0 fully saturated rings. The van der Waals surface area contributed by atoms with Crippen molar-refractivity contribution >= 4 is 11.6 Å². The average Bonchev–Trinajstić information content (AvgIpc) is 2.48. The number of hydrogen-bond acceptors (Lipinski definition) is 4. The van der Waals surface area contributed by atoms with Crippen LogP contribution in [0.4, 0.5) is 0 Å². The number of aryl methyl sites for hydroxylation is 1. The molecule has 2 rings (SSSR count). The van der Waals surface area contributed by atoms with E-state index in [1.807, 2.05) is 19.1 Å². The molecule has 19 heavy (non-hydrogen) atoms. The Morgan fingerprint density at radius 3 is 2.21 bits per heavy atom. The van der Waals surface area contributed by atoms with Gasteiger partial charge in [0, 0.05) is 18.0 Å². The van der Waals surface area contributed by atoms with Crippen LogP contribution in [0.2, 0.25) is 0 Å². The van der Waals surface area contributed by atoms with Gasteiger partial charge < -0.3 is 0 Å². The summed E-state index contributed by atoms with van der Waals surface area (Å²) in [6.45, 7) is 2.05. The van der Waals surface area contributed by atoms with E-state index in [1.165, 1.54) is 12.4 Å². The highest BCUT2D eigenvalue weighted by Gasteiger charge is 2.15. The molecule has 0 radical (unpaired) electrons. The molecule has 4 heteroatoms. The molecule has 1 aromatic heterocycles. The topological polar surface area (TPSA) is 59.9 Å². The number of carbonyl (C=O) groups is 2. The summed E-state index contributed by atoms with van der Waals surface area (Å²) in [6.07, 6.45) is 3.70. The number of ketones is 2. The predicted molar refractivity (Wildman–Crippen MR) is 71.1 cm³/mol. The second-order valence-corrected chi connectivity index (χ2v) is 4.15. The number of benzene rings is 1. The van der Waals surface area contributed by atoms with E-state index in [2.05, 4.69) is 9.97 Å². The molecular formula is C15H14N2O2. The maximum absolute atomic E-state index is 12.0. The Hall–Kier alpha value is -2.36. The number of rotatable bonds is 5. The van der Waals surface area contributed by atoms with Crippen molar-refractivity contribution in [2.24, 2.45) is 0 Å². The fourth-order valence-electron chi connectivity index (χ4n) is 1.70. The van der Waals surface area contributed by atoms with Gasteiger partial charge in [0.25, 0.3) is 0 Å². The minimum atomic E-state index is -0.356. The van der Waals surface area contributed by atoms with Gasteiger partial charge in [-0.05, 0) is 18.1 Å². The first-order valence-electron chi connectivity index (χ1n) is 6.13. The van der Waals surface area contributed by atoms with Gasteiger partial charge in [0.05, 0.1) is 6.42 Å². The molecule has 0 amide bonds. The highest BCUT2D eigenvalue weighted by molar-refractivity contribution is 6.12. The van der Waals surface area contributed by atoms with Gasteiger partial charge in [-0.2, -0.15) is 0 Å². The molecule has 96 valence electrons. The largest absolute Gasteiger partial charge is 0.294 e. The maximum atomic E-state index is 12.0. The van der Waals surface area contributed by atoms with Crippen molar-refractivity contribution in [3.63, 3.8) is 0 Å². The number of hydrogen-bond donors (Lipinski definition) is 0. The molecule has 0 saturated carbocycles. The molecule has 2 aromatic rings. The molecule has 0 bridgehead atoms. The lowest BCUT2D eigenvalue weighted by molar-refractivity contribution is 0.0888. The van der Waals surface area contributed by atoms with Crippen LogP contribution in [0.1, 0.15) is 39.9 Å². The molecule has 0 N–H and O–H groups in total. The van der Waals surface area contributed by atoms with Crippen LogP contribution in [0, 0.1) is 0 Å². The molecule has 1 aromatic carbocycles. The van der Waals surface area contributed by atoms with Gasteiger partial charge in [-0.25, -0.2) is 9.97 Å². The summed E-state index contributed by atoms with van der Waals surface area (Å²) in [7, 11) is 0. The van der Waals surface area contributed by atoms with Gasteiger partial charge >= 0.3 is 0 Å². The summed E-state index contributed by atoms with van der Waals surface area (Å²) in [5, 5.41) is 0. The fourth-order valence-corrected chi connectivity index (χ4v) is 1.70. The van der Waals surface area contributed by atoms with Crippen molar-refractivity contribution in [1.82, 2.24) is 9.97 Å². The quantitative estimate of drug-likeness (QED) is 0.607. The molecule has 4 nitrogen and oxygen atoms in total. The summed E-state index contributed by atoms with van der Waals surface area (Å²) in [6, 6.07) is 8.93. The smallest absolute Gasteiger partial charge is 0.207 e. The first-order valence-corrected chi connectivity index (χ1v) is 6.13. The molecule has 0 spiro atoms. The van der Waals surface area contributed by atoms with Gasteiger partial charge in [0.1, 0.15) is 0 Å². The monoisotopic (exact) mass is 254 g/mol. The van der Waals surface area contributed by atoms with E-state index in [0.717, 1.165) is 12.0 Å². The number of Topliss-reactive ketones (excluding diaryl/α,β-unsaturated/α-hetero) is 2. The van der Waals surface area contributed by atoms with Crippen molar-refractivity contribution in [2.45, 2.75) is 19.8 Å². The lowest BCUT2D eigenvalue weighted by Crippen LogP contribution is -2.11. The number of nitrogens with zero attached hydrogens (tertiary/aromatic N) is 2. The Bertz CT molecular complexity index is 577. The third-order valence-corrected chi connectivity index (χ3v) is 2.82. The zero-order valence-electron chi connectivity index (χ0n) is 10.7. The first-order chi connectivity index (χ1) is 9.20. The van der Waals surface area contributed by atoms with Crippen LogP contribution in [-0.4, -0.2) is 21.5 Å². The van der Waals surface area contributed by atoms with Crippen LogP contribution in [0.25, 0.3) is 0 Å². The second-order valence-electron chi connectivity index (χ2n) is 4.15. The van der Waals surface area contributed by atoms with Crippen LogP contribution in [-0.2, 0) is 6.42 Å². The molecule has 0 atom stereocenters. The lowest BCUT2D eigenvalue weighted by Gasteiger charge is -2.01. The lowest BCUT2D eigenvalue weighted by atomic mass is 10.0. The summed E-state index contributed by atoms with van der Waals surface area (Å²) >= 11 is 0. The maximum Gasteiger partial charge on any atom is 0.207 e. The van der Waals surface area contributed by atoms with Gasteiger partial charge in [0.2, 0.25) is 5.78 Å². The SMILES string of the molecule is CCc1ccc(C(=O)CC(=O)c2ncccn2)cc1. The average molecular weight is 254 g/mol. The van der Waals surface area contributed by atoms with Gasteiger partial charge in [-0.3, -0.25) is 9.59 Å². The predicted octanol–water partition coefficient (Wildman–Crippen LogP) is 2.49. The summed E-state index contributed by atoms with van der Waals surface area (Å²) in [5.41, 5.74) is 1.70. The van der Waals surface area contributed by atoms with Gasteiger partial charge in [0.15, 0.2) is 11.6 Å². The van der Waals surface area contributed by atoms with E-state index >= 15 is 0 Å². The van der Waals surface area contributed by atoms with E-state index in [0.29, 0.717) is 5.56 Å². The standard InChI is InChI=1S/C15H14N2O2/c1-2-11-4-6-12(7-5-11)13(18)10-14(19)15-16-8-3-9-17-15/h3-9H,2,10H2,1H3. The third kappa shape index (κ3) is 3.31. The van der Waals surface area contributed by atoms with Crippen LogP contribution < -0.4 is 0 Å². The second kappa shape index (κ2) is 6.00. The number of aromatic nitrogens is 2. The van der Waals surface area contributed by atoms with Crippen molar-refractivity contribution in [2.75, 3.05) is 0 Å². The van der Waals surface area contributed by atoms with E-state index in [-0.39, 0.29) is 23.8 Å². The zero-order valence-corrected chi connectivity index (χ0v) is 10.7. The molecule has 0 unspecified atom stereocenters. The van der Waals surface area contributed by atoms with E-state index < -0.39 is 0 Å². The van der Waals surface area contributed by atoms with E-state index in [1.54, 1.807) is 18.2 Å². The Morgan fingerprint density at radius 2 is 1.63 bits per heavy atom. The molecular weight excluding hydrogens is 240 g/mol. The van der Waals surface area contributed by atoms with Crippen molar-refractivity contribution < 1.29 is 9.59 Å². The minimum absolute atomic E-state index is 0.0843. The third-order valence-electron chi connectivity index (χ3n) is 2.82. The number of carbonyl (C=O) groups excluding carboxylic acids is 2. The van der Waals surface area contributed by atoms with Crippen LogP contribution in [0.15, 0.2) is 42.7 Å². The van der Waals surface area contributed by atoms with Gasteiger partial charge in [-0.1, -0.05) is 31.2 Å². The van der Waals surface area contributed by atoms with Crippen molar-refractivity contribution in [1.29, 1.82) is 0 Å². The summed E-state index contributed by atoms with van der Waals surface area (Å²) < 4.78 is 0. The molecule has 0 aliphatic carbocycles. The van der Waals surface area contributed by atoms with Crippen LogP contribution >= 0.6 is 0 Å². The van der Waals surface area contributed by atoms with Crippen LogP contribution in [0.5, 0.6) is 0 Å². The Morgan fingerprint density at radius 1 is 1.00 bits per heavy atom. The molecule has 0 aliphatic rings. The highest BCUT2D eigenvalue weighted by Crippen LogP contribution is 2.09. The Labute approximate surface area is 111 Å². The zero-order chi connectivity index (χ0) is 13.7. The van der Waals surface area contributed by atoms with Crippen molar-refractivity contribution in [3.8, 4) is 0 Å².